The smallest absolute Gasteiger partial charge is 0.412 e. The largest absolute Gasteiger partial charge is 0.507 e. The molecule has 0 saturated heterocycles. The van der Waals surface area contributed by atoms with E-state index in [2.05, 4.69) is 21.2 Å². The third-order valence-corrected chi connectivity index (χ3v) is 6.46. The summed E-state index contributed by atoms with van der Waals surface area (Å²) in [5.74, 6) is 0.0252. The third kappa shape index (κ3) is 7.59. The first kappa shape index (κ1) is 27.7. The Balaban J connectivity index is 1.71. The molecule has 4 N–H and O–H groups in total. The number of ether oxygens (including phenoxy) is 2. The van der Waals surface area contributed by atoms with Crippen LogP contribution >= 0.6 is 15.9 Å². The Morgan fingerprint density at radius 2 is 1.59 bits per heavy atom. The molecule has 4 aromatic rings. The Morgan fingerprint density at radius 1 is 0.897 bits per heavy atom. The number of para-hydroxylation sites is 1. The lowest BCUT2D eigenvalue weighted by atomic mass is 9.94. The standard InChI is InChI=1S/C30H27BrN2O6/c31-20-14-16-21(17-15-20)32-30(36)39-29(25-18-19-26(34)24-11-5-4-10-23(24)25)27(12-6-7-13-28(35)33-37)38-22-8-2-1-3-9-22/h1-5,7-11,13-19,27,29,34,37H,6,12H2,(H,32,36)(H,33,35)/b13-7+/t27-,29-/m1/s1. The molecular weight excluding hydrogens is 564 g/mol. The van der Waals surface area contributed by atoms with Crippen molar-refractivity contribution in [2.24, 2.45) is 0 Å². The van der Waals surface area contributed by atoms with Gasteiger partial charge in [-0.3, -0.25) is 15.3 Å². The normalized spacial score (nSPS) is 12.6. The highest BCUT2D eigenvalue weighted by Crippen LogP contribution is 2.36. The Bertz CT molecular complexity index is 1440. The SMILES string of the molecule is O=C(/C=C/CC[C@@H](Oc1ccccc1)[C@H](OC(=O)Nc1ccc(Br)cc1)c1ccc(O)c2ccccc12)NO. The van der Waals surface area contributed by atoms with E-state index in [1.165, 1.54) is 6.08 Å². The number of hydroxylamine groups is 1. The summed E-state index contributed by atoms with van der Waals surface area (Å²) in [6.07, 6.45) is 1.29. The van der Waals surface area contributed by atoms with Gasteiger partial charge in [-0.25, -0.2) is 10.3 Å². The summed E-state index contributed by atoms with van der Waals surface area (Å²) in [4.78, 5) is 24.6. The van der Waals surface area contributed by atoms with E-state index in [-0.39, 0.29) is 5.75 Å². The minimum atomic E-state index is -0.897. The summed E-state index contributed by atoms with van der Waals surface area (Å²) in [5.41, 5.74) is 2.76. The van der Waals surface area contributed by atoms with Gasteiger partial charge in [-0.2, -0.15) is 0 Å². The van der Waals surface area contributed by atoms with Gasteiger partial charge in [0.2, 0.25) is 0 Å². The van der Waals surface area contributed by atoms with Gasteiger partial charge in [-0.15, -0.1) is 0 Å². The number of amides is 2. The number of rotatable bonds is 10. The first-order chi connectivity index (χ1) is 18.9. The number of halogens is 1. The van der Waals surface area contributed by atoms with Gasteiger partial charge in [-0.1, -0.05) is 70.5 Å². The van der Waals surface area contributed by atoms with Gasteiger partial charge in [0.15, 0.2) is 6.10 Å². The second kappa shape index (κ2) is 13.5. The molecule has 0 aliphatic carbocycles. The zero-order valence-corrected chi connectivity index (χ0v) is 22.4. The number of carbonyl (C=O) groups is 2. The van der Waals surface area contributed by atoms with E-state index >= 15 is 0 Å². The van der Waals surface area contributed by atoms with Crippen LogP contribution in [0.5, 0.6) is 11.5 Å². The molecule has 0 heterocycles. The Morgan fingerprint density at radius 3 is 2.31 bits per heavy atom. The number of nitrogens with one attached hydrogen (secondary N) is 2. The average Bonchev–Trinajstić information content (AvgIpc) is 2.95. The number of phenolic OH excluding ortho intramolecular Hbond substituents is 1. The van der Waals surface area contributed by atoms with E-state index in [0.717, 1.165) is 4.47 Å². The van der Waals surface area contributed by atoms with Crippen LogP contribution < -0.4 is 15.5 Å². The topological polar surface area (TPSA) is 117 Å². The highest BCUT2D eigenvalue weighted by Gasteiger charge is 2.30. The summed E-state index contributed by atoms with van der Waals surface area (Å²) in [6.45, 7) is 0. The Kier molecular flexibility index (Phi) is 9.55. The van der Waals surface area contributed by atoms with E-state index in [0.29, 0.717) is 40.6 Å². The molecule has 0 unspecified atom stereocenters. The number of carbonyl (C=O) groups excluding carboxylic acids is 2. The summed E-state index contributed by atoms with van der Waals surface area (Å²) >= 11 is 3.38. The quantitative estimate of drug-likeness (QED) is 0.0907. The van der Waals surface area contributed by atoms with Gasteiger partial charge < -0.3 is 14.6 Å². The predicted octanol–water partition coefficient (Wildman–Crippen LogP) is 6.89. The van der Waals surface area contributed by atoms with Crippen LogP contribution in [0.4, 0.5) is 10.5 Å². The summed E-state index contributed by atoms with van der Waals surface area (Å²) in [6, 6.07) is 26.8. The lowest BCUT2D eigenvalue weighted by Gasteiger charge is -2.29. The lowest BCUT2D eigenvalue weighted by molar-refractivity contribution is -0.124. The second-order valence-electron chi connectivity index (χ2n) is 8.60. The van der Waals surface area contributed by atoms with Crippen LogP contribution in [-0.2, 0) is 9.53 Å². The van der Waals surface area contributed by atoms with Crippen molar-refractivity contribution in [2.45, 2.75) is 25.0 Å². The number of fused-ring (bicyclic) bond motifs is 1. The first-order valence-electron chi connectivity index (χ1n) is 12.2. The van der Waals surface area contributed by atoms with E-state index in [1.807, 2.05) is 36.4 Å². The lowest BCUT2D eigenvalue weighted by Crippen LogP contribution is -2.31. The molecule has 4 rings (SSSR count). The monoisotopic (exact) mass is 590 g/mol. The molecule has 200 valence electrons. The maximum Gasteiger partial charge on any atom is 0.412 e. The molecule has 0 spiro atoms. The van der Waals surface area contributed by atoms with E-state index in [1.54, 1.807) is 66.2 Å². The number of benzene rings is 4. The molecule has 4 aromatic carbocycles. The zero-order chi connectivity index (χ0) is 27.6. The molecule has 8 nitrogen and oxygen atoms in total. The fraction of sp³-hybridized carbons (Fsp3) is 0.133. The van der Waals surface area contributed by atoms with E-state index < -0.39 is 24.2 Å². The van der Waals surface area contributed by atoms with Gasteiger partial charge >= 0.3 is 6.09 Å². The third-order valence-electron chi connectivity index (χ3n) is 5.93. The van der Waals surface area contributed by atoms with Gasteiger partial charge in [0, 0.05) is 27.2 Å². The van der Waals surface area contributed by atoms with Crippen LogP contribution in [0.1, 0.15) is 24.5 Å². The number of anilines is 1. The van der Waals surface area contributed by atoms with Crippen molar-refractivity contribution < 1.29 is 29.4 Å². The Hall–Kier alpha value is -4.34. The van der Waals surface area contributed by atoms with Crippen LogP contribution in [0.25, 0.3) is 10.8 Å². The van der Waals surface area contributed by atoms with Crippen LogP contribution in [0.2, 0.25) is 0 Å². The first-order valence-corrected chi connectivity index (χ1v) is 13.0. The van der Waals surface area contributed by atoms with Gasteiger partial charge in [0.1, 0.15) is 17.6 Å². The molecule has 0 aliphatic rings. The van der Waals surface area contributed by atoms with Crippen molar-refractivity contribution >= 4 is 44.4 Å². The molecule has 9 heteroatoms. The minimum absolute atomic E-state index is 0.103. The van der Waals surface area contributed by atoms with Crippen LogP contribution in [-0.4, -0.2) is 28.4 Å². The summed E-state index contributed by atoms with van der Waals surface area (Å²) < 4.78 is 13.3. The molecule has 0 bridgehead atoms. The van der Waals surface area contributed by atoms with Gasteiger partial charge in [0.05, 0.1) is 0 Å². The van der Waals surface area contributed by atoms with Gasteiger partial charge in [0.25, 0.3) is 5.91 Å². The second-order valence-corrected chi connectivity index (χ2v) is 9.52. The average molecular weight is 591 g/mol. The van der Waals surface area contributed by atoms with E-state index in [4.69, 9.17) is 14.7 Å². The molecular formula is C30H27BrN2O6. The molecule has 0 fully saturated rings. The number of allylic oxidation sites excluding steroid dienone is 1. The van der Waals surface area contributed by atoms with E-state index in [9.17, 15) is 14.7 Å². The van der Waals surface area contributed by atoms with Crippen molar-refractivity contribution in [3.8, 4) is 11.5 Å². The summed E-state index contributed by atoms with van der Waals surface area (Å²) in [5, 5.41) is 23.3. The maximum absolute atomic E-state index is 13.2. The van der Waals surface area contributed by atoms with Crippen LogP contribution in [0.3, 0.4) is 0 Å². The predicted molar refractivity (Wildman–Crippen MR) is 152 cm³/mol. The molecule has 39 heavy (non-hydrogen) atoms. The number of phenols is 1. The molecule has 2 amide bonds. The number of hydrogen-bond acceptors (Lipinski definition) is 6. The van der Waals surface area contributed by atoms with Crippen molar-refractivity contribution in [1.82, 2.24) is 5.48 Å². The maximum atomic E-state index is 13.2. The molecule has 0 saturated carbocycles. The van der Waals surface area contributed by atoms with Crippen molar-refractivity contribution in [2.75, 3.05) is 5.32 Å². The van der Waals surface area contributed by atoms with Crippen LogP contribution in [0.15, 0.2) is 108 Å². The fourth-order valence-corrected chi connectivity index (χ4v) is 4.39. The highest BCUT2D eigenvalue weighted by atomic mass is 79.9. The number of hydrogen-bond donors (Lipinski definition) is 4. The van der Waals surface area contributed by atoms with Crippen LogP contribution in [0, 0.1) is 0 Å². The molecule has 0 aromatic heterocycles. The number of aromatic hydroxyl groups is 1. The van der Waals surface area contributed by atoms with Crippen molar-refractivity contribution in [1.29, 1.82) is 0 Å². The molecule has 0 radical (unpaired) electrons. The zero-order valence-electron chi connectivity index (χ0n) is 20.8. The summed E-state index contributed by atoms with van der Waals surface area (Å²) in [7, 11) is 0. The highest BCUT2D eigenvalue weighted by molar-refractivity contribution is 9.10. The van der Waals surface area contributed by atoms with Crippen molar-refractivity contribution in [3.05, 3.63) is 113 Å². The Labute approximate surface area is 234 Å². The molecule has 2 atom stereocenters. The minimum Gasteiger partial charge on any atom is -0.507 e. The fourth-order valence-electron chi connectivity index (χ4n) is 4.12. The molecule has 0 aliphatic heterocycles. The van der Waals surface area contributed by atoms with Gasteiger partial charge in [-0.05, 0) is 60.7 Å². The van der Waals surface area contributed by atoms with Crippen molar-refractivity contribution in [3.63, 3.8) is 0 Å².